The molecule has 0 aliphatic carbocycles. The standard InChI is InChI=1S/C22H16F2N4O2S2/c1-11-19(32-21(25-11)13-3-5-14(23)6-4-13)20(30)28-22-27-18(10-31-22)16-8-7-15(9-17(16)24)26-12(2)29/h3-10H,1-2H3,(H,26,29)(H,27,28,30). The zero-order valence-corrected chi connectivity index (χ0v) is 18.5. The van der Waals surface area contributed by atoms with Crippen molar-refractivity contribution in [1.29, 1.82) is 0 Å². The molecule has 0 bridgehead atoms. The monoisotopic (exact) mass is 470 g/mol. The molecule has 2 aromatic carbocycles. The summed E-state index contributed by atoms with van der Waals surface area (Å²) in [5.41, 5.74) is 2.23. The SMILES string of the molecule is CC(=O)Nc1ccc(-c2csc(NC(=O)c3sc(-c4ccc(F)cc4)nc3C)n2)c(F)c1. The fraction of sp³-hybridized carbons (Fsp3) is 0.0909. The van der Waals surface area contributed by atoms with Crippen LogP contribution < -0.4 is 10.6 Å². The van der Waals surface area contributed by atoms with Crippen molar-refractivity contribution >= 4 is 45.3 Å². The van der Waals surface area contributed by atoms with Crippen LogP contribution >= 0.6 is 22.7 Å². The molecule has 2 amide bonds. The molecule has 0 fully saturated rings. The second-order valence-electron chi connectivity index (χ2n) is 6.81. The lowest BCUT2D eigenvalue weighted by Crippen LogP contribution is -2.11. The molecule has 4 rings (SSSR count). The van der Waals surface area contributed by atoms with Crippen LogP contribution in [-0.4, -0.2) is 21.8 Å². The summed E-state index contributed by atoms with van der Waals surface area (Å²) >= 11 is 2.36. The van der Waals surface area contributed by atoms with Gasteiger partial charge in [-0.05, 0) is 49.4 Å². The van der Waals surface area contributed by atoms with Crippen LogP contribution in [0.1, 0.15) is 22.3 Å². The van der Waals surface area contributed by atoms with Crippen LogP contribution in [0.5, 0.6) is 0 Å². The Hall–Kier alpha value is -3.50. The van der Waals surface area contributed by atoms with Gasteiger partial charge in [-0.1, -0.05) is 0 Å². The Morgan fingerprint density at radius 1 is 1.00 bits per heavy atom. The third kappa shape index (κ3) is 4.71. The summed E-state index contributed by atoms with van der Waals surface area (Å²) in [6.45, 7) is 3.06. The van der Waals surface area contributed by atoms with Gasteiger partial charge in [0.25, 0.3) is 5.91 Å². The van der Waals surface area contributed by atoms with Gasteiger partial charge in [-0.2, -0.15) is 0 Å². The minimum atomic E-state index is -0.540. The molecule has 0 aliphatic heterocycles. The van der Waals surface area contributed by atoms with E-state index in [1.165, 1.54) is 42.5 Å². The summed E-state index contributed by atoms with van der Waals surface area (Å²) in [5, 5.41) is 7.79. The molecule has 2 N–H and O–H groups in total. The molecule has 2 heterocycles. The van der Waals surface area contributed by atoms with Gasteiger partial charge in [0, 0.05) is 29.1 Å². The maximum atomic E-state index is 14.5. The van der Waals surface area contributed by atoms with E-state index in [4.69, 9.17) is 0 Å². The molecule has 162 valence electrons. The summed E-state index contributed by atoms with van der Waals surface area (Å²) in [6.07, 6.45) is 0. The first kappa shape index (κ1) is 21.7. The maximum Gasteiger partial charge on any atom is 0.269 e. The molecule has 0 saturated carbocycles. The molecular formula is C22H16F2N4O2S2. The largest absolute Gasteiger partial charge is 0.326 e. The number of carbonyl (C=O) groups excluding carboxylic acids is 2. The molecule has 0 saturated heterocycles. The van der Waals surface area contributed by atoms with E-state index >= 15 is 0 Å². The Bertz CT molecular complexity index is 1320. The molecule has 0 spiro atoms. The molecule has 2 aromatic heterocycles. The number of aryl methyl sites for hydroxylation is 1. The van der Waals surface area contributed by atoms with Gasteiger partial charge in [0.2, 0.25) is 5.91 Å². The maximum absolute atomic E-state index is 14.5. The van der Waals surface area contributed by atoms with Crippen molar-refractivity contribution in [1.82, 2.24) is 9.97 Å². The lowest BCUT2D eigenvalue weighted by atomic mass is 10.1. The quantitative estimate of drug-likeness (QED) is 0.390. The number of amides is 2. The number of aromatic nitrogens is 2. The molecular weight excluding hydrogens is 454 g/mol. The number of nitrogens with zero attached hydrogens (tertiary/aromatic N) is 2. The van der Waals surface area contributed by atoms with E-state index < -0.39 is 5.82 Å². The van der Waals surface area contributed by atoms with Crippen molar-refractivity contribution in [2.45, 2.75) is 13.8 Å². The van der Waals surface area contributed by atoms with E-state index in [0.29, 0.717) is 37.7 Å². The molecule has 4 aromatic rings. The normalized spacial score (nSPS) is 10.8. The van der Waals surface area contributed by atoms with E-state index in [-0.39, 0.29) is 23.2 Å². The summed E-state index contributed by atoms with van der Waals surface area (Å²) in [6, 6.07) is 10.2. The van der Waals surface area contributed by atoms with Crippen molar-refractivity contribution in [3.63, 3.8) is 0 Å². The molecule has 0 radical (unpaired) electrons. The molecule has 0 aliphatic rings. The van der Waals surface area contributed by atoms with Gasteiger partial charge in [0.15, 0.2) is 5.13 Å². The summed E-state index contributed by atoms with van der Waals surface area (Å²) in [7, 11) is 0. The van der Waals surface area contributed by atoms with Crippen molar-refractivity contribution in [2.75, 3.05) is 10.6 Å². The number of halogens is 2. The highest BCUT2D eigenvalue weighted by Gasteiger charge is 2.18. The second-order valence-corrected chi connectivity index (χ2v) is 8.67. The number of thiazole rings is 2. The van der Waals surface area contributed by atoms with Gasteiger partial charge in [-0.15, -0.1) is 22.7 Å². The van der Waals surface area contributed by atoms with Crippen LogP contribution in [0.15, 0.2) is 47.8 Å². The summed E-state index contributed by atoms with van der Waals surface area (Å²) in [4.78, 5) is 33.0. The number of carbonyl (C=O) groups is 2. The molecule has 0 atom stereocenters. The van der Waals surface area contributed by atoms with E-state index in [1.807, 2.05) is 0 Å². The predicted octanol–water partition coefficient (Wildman–Crippen LogP) is 5.73. The zero-order valence-electron chi connectivity index (χ0n) is 16.9. The fourth-order valence-electron chi connectivity index (χ4n) is 2.94. The third-order valence-electron chi connectivity index (χ3n) is 4.38. The minimum Gasteiger partial charge on any atom is -0.326 e. The van der Waals surface area contributed by atoms with Gasteiger partial charge in [-0.25, -0.2) is 18.7 Å². The lowest BCUT2D eigenvalue weighted by Gasteiger charge is -2.05. The van der Waals surface area contributed by atoms with Crippen LogP contribution in [0.3, 0.4) is 0 Å². The van der Waals surface area contributed by atoms with E-state index in [1.54, 1.807) is 30.5 Å². The lowest BCUT2D eigenvalue weighted by molar-refractivity contribution is -0.114. The zero-order chi connectivity index (χ0) is 22.8. The minimum absolute atomic E-state index is 0.253. The van der Waals surface area contributed by atoms with Gasteiger partial charge in [-0.3, -0.25) is 14.9 Å². The smallest absolute Gasteiger partial charge is 0.269 e. The van der Waals surface area contributed by atoms with Crippen LogP contribution in [0, 0.1) is 18.6 Å². The number of nitrogens with one attached hydrogen (secondary N) is 2. The first-order valence-corrected chi connectivity index (χ1v) is 11.1. The van der Waals surface area contributed by atoms with Crippen molar-refractivity contribution in [2.24, 2.45) is 0 Å². The van der Waals surface area contributed by atoms with Gasteiger partial charge < -0.3 is 5.32 Å². The van der Waals surface area contributed by atoms with Crippen molar-refractivity contribution < 1.29 is 18.4 Å². The van der Waals surface area contributed by atoms with E-state index in [9.17, 15) is 18.4 Å². The number of rotatable bonds is 5. The number of hydrogen-bond acceptors (Lipinski definition) is 6. The third-order valence-corrected chi connectivity index (χ3v) is 6.35. The molecule has 6 nitrogen and oxygen atoms in total. The second kappa shape index (κ2) is 8.93. The molecule has 10 heteroatoms. The summed E-state index contributed by atoms with van der Waals surface area (Å²) < 4.78 is 27.6. The Balaban J connectivity index is 1.51. The highest BCUT2D eigenvalue weighted by molar-refractivity contribution is 7.17. The predicted molar refractivity (Wildman–Crippen MR) is 122 cm³/mol. The summed E-state index contributed by atoms with van der Waals surface area (Å²) in [5.74, 6) is -1.56. The highest BCUT2D eigenvalue weighted by atomic mass is 32.1. The van der Waals surface area contributed by atoms with Crippen molar-refractivity contribution in [3.05, 3.63) is 70.1 Å². The van der Waals surface area contributed by atoms with Crippen molar-refractivity contribution in [3.8, 4) is 21.8 Å². The van der Waals surface area contributed by atoms with E-state index in [0.717, 1.165) is 11.3 Å². The Labute approximate surface area is 190 Å². The average Bonchev–Trinajstić information content (AvgIpc) is 3.35. The first-order chi connectivity index (χ1) is 15.3. The Morgan fingerprint density at radius 3 is 2.44 bits per heavy atom. The van der Waals surface area contributed by atoms with Crippen LogP contribution in [0.25, 0.3) is 21.8 Å². The highest BCUT2D eigenvalue weighted by Crippen LogP contribution is 2.31. The van der Waals surface area contributed by atoms with E-state index in [2.05, 4.69) is 20.6 Å². The first-order valence-electron chi connectivity index (χ1n) is 9.38. The van der Waals surface area contributed by atoms with Gasteiger partial charge in [0.05, 0.1) is 11.4 Å². The van der Waals surface area contributed by atoms with Crippen LogP contribution in [-0.2, 0) is 4.79 Å². The Kier molecular flexibility index (Phi) is 6.06. The Morgan fingerprint density at radius 2 is 1.75 bits per heavy atom. The van der Waals surface area contributed by atoms with Gasteiger partial charge >= 0.3 is 0 Å². The number of benzene rings is 2. The number of anilines is 2. The number of hydrogen-bond donors (Lipinski definition) is 2. The molecule has 32 heavy (non-hydrogen) atoms. The van der Waals surface area contributed by atoms with Crippen LogP contribution in [0.2, 0.25) is 0 Å². The van der Waals surface area contributed by atoms with Crippen LogP contribution in [0.4, 0.5) is 19.6 Å². The average molecular weight is 471 g/mol. The fourth-order valence-corrected chi connectivity index (χ4v) is 4.61. The van der Waals surface area contributed by atoms with Gasteiger partial charge in [0.1, 0.15) is 21.5 Å². The molecule has 0 unspecified atom stereocenters. The topological polar surface area (TPSA) is 84.0 Å².